The average Bonchev–Trinajstić information content (AvgIpc) is 2.61. The number of hydrogen-bond acceptors (Lipinski definition) is 3. The van der Waals surface area contributed by atoms with Crippen molar-refractivity contribution in [3.63, 3.8) is 0 Å². The van der Waals surface area contributed by atoms with Crippen LogP contribution >= 0.6 is 0 Å². The van der Waals surface area contributed by atoms with Gasteiger partial charge in [0.25, 0.3) is 0 Å². The van der Waals surface area contributed by atoms with Gasteiger partial charge in [-0.1, -0.05) is 0 Å². The smallest absolute Gasteiger partial charge is 0.303 e. The summed E-state index contributed by atoms with van der Waals surface area (Å²) in [5.41, 5.74) is 1.97. The minimum atomic E-state index is -0.788. The first-order valence-electron chi connectivity index (χ1n) is 4.58. The summed E-state index contributed by atoms with van der Waals surface area (Å²) >= 11 is 0. The molecule has 2 rings (SSSR count). The Morgan fingerprint density at radius 2 is 2.50 bits per heavy atom. The number of aryl methyl sites for hydroxylation is 1. The quantitative estimate of drug-likeness (QED) is 0.779. The van der Waals surface area contributed by atoms with E-state index in [9.17, 15) is 4.79 Å². The van der Waals surface area contributed by atoms with Crippen LogP contribution in [0.5, 0.6) is 5.75 Å². The van der Waals surface area contributed by atoms with Crippen LogP contribution in [0.4, 0.5) is 0 Å². The van der Waals surface area contributed by atoms with E-state index in [-0.39, 0.29) is 6.42 Å². The molecule has 0 saturated carbocycles. The van der Waals surface area contributed by atoms with E-state index < -0.39 is 5.97 Å². The van der Waals surface area contributed by atoms with Crippen LogP contribution in [0.2, 0.25) is 0 Å². The molecule has 0 atom stereocenters. The van der Waals surface area contributed by atoms with Crippen molar-refractivity contribution in [2.45, 2.75) is 19.3 Å². The second-order valence-corrected chi connectivity index (χ2v) is 3.28. The molecule has 0 radical (unpaired) electrons. The third-order valence-electron chi connectivity index (χ3n) is 2.23. The highest BCUT2D eigenvalue weighted by atomic mass is 16.5. The van der Waals surface area contributed by atoms with E-state index in [0.717, 1.165) is 23.4 Å². The maximum Gasteiger partial charge on any atom is 0.303 e. The van der Waals surface area contributed by atoms with Gasteiger partial charge in [0.1, 0.15) is 5.75 Å². The number of rotatable bonds is 3. The number of hydrogen-bond donors (Lipinski definition) is 1. The molecule has 0 unspecified atom stereocenters. The number of aliphatic carboxylic acids is 1. The molecule has 0 aromatic carbocycles. The van der Waals surface area contributed by atoms with E-state index in [2.05, 4.69) is 4.98 Å². The Morgan fingerprint density at radius 3 is 3.29 bits per heavy atom. The molecule has 0 spiro atoms. The summed E-state index contributed by atoms with van der Waals surface area (Å²) in [4.78, 5) is 14.5. The SMILES string of the molecule is O=C(O)CCc1cc2c(cn1)OCC2. The average molecular weight is 193 g/mol. The highest BCUT2D eigenvalue weighted by molar-refractivity contribution is 5.67. The van der Waals surface area contributed by atoms with Gasteiger partial charge in [0.2, 0.25) is 0 Å². The fraction of sp³-hybridized carbons (Fsp3) is 0.400. The van der Waals surface area contributed by atoms with Crippen LogP contribution in [-0.2, 0) is 17.6 Å². The largest absolute Gasteiger partial charge is 0.491 e. The number of carbonyl (C=O) groups is 1. The Balaban J connectivity index is 2.09. The maximum absolute atomic E-state index is 10.4. The molecule has 1 aliphatic rings. The van der Waals surface area contributed by atoms with Crippen molar-refractivity contribution in [1.29, 1.82) is 0 Å². The Labute approximate surface area is 81.5 Å². The second-order valence-electron chi connectivity index (χ2n) is 3.28. The molecular weight excluding hydrogens is 182 g/mol. The summed E-state index contributed by atoms with van der Waals surface area (Å²) in [5, 5.41) is 8.52. The number of carboxylic acids is 1. The van der Waals surface area contributed by atoms with Gasteiger partial charge in [-0.15, -0.1) is 0 Å². The Kier molecular flexibility index (Phi) is 2.35. The normalized spacial score (nSPS) is 13.4. The maximum atomic E-state index is 10.4. The van der Waals surface area contributed by atoms with E-state index in [1.54, 1.807) is 6.20 Å². The summed E-state index contributed by atoms with van der Waals surface area (Å²) in [6, 6.07) is 1.94. The van der Waals surface area contributed by atoms with Gasteiger partial charge in [0.05, 0.1) is 19.2 Å². The molecule has 74 valence electrons. The fourth-order valence-electron chi connectivity index (χ4n) is 1.50. The summed E-state index contributed by atoms with van der Waals surface area (Å²) in [6.45, 7) is 0.708. The fourth-order valence-corrected chi connectivity index (χ4v) is 1.50. The molecular formula is C10H11NO3. The van der Waals surface area contributed by atoms with Crippen LogP contribution in [-0.4, -0.2) is 22.7 Å². The molecule has 1 aromatic heterocycles. The van der Waals surface area contributed by atoms with Crippen LogP contribution in [0, 0.1) is 0 Å². The van der Waals surface area contributed by atoms with Gasteiger partial charge in [-0.3, -0.25) is 9.78 Å². The molecule has 0 saturated heterocycles. The van der Waals surface area contributed by atoms with Crippen molar-refractivity contribution >= 4 is 5.97 Å². The highest BCUT2D eigenvalue weighted by Crippen LogP contribution is 2.24. The van der Waals surface area contributed by atoms with Crippen molar-refractivity contribution in [1.82, 2.24) is 4.98 Å². The Hall–Kier alpha value is -1.58. The van der Waals surface area contributed by atoms with Crippen molar-refractivity contribution in [2.75, 3.05) is 6.61 Å². The van der Waals surface area contributed by atoms with E-state index in [1.165, 1.54) is 0 Å². The second kappa shape index (κ2) is 3.65. The Bertz CT molecular complexity index is 362. The van der Waals surface area contributed by atoms with Crippen LogP contribution in [0.15, 0.2) is 12.3 Å². The minimum absolute atomic E-state index is 0.132. The lowest BCUT2D eigenvalue weighted by Gasteiger charge is -2.01. The van der Waals surface area contributed by atoms with E-state index in [4.69, 9.17) is 9.84 Å². The van der Waals surface area contributed by atoms with Gasteiger partial charge in [-0.05, 0) is 6.07 Å². The Morgan fingerprint density at radius 1 is 1.64 bits per heavy atom. The van der Waals surface area contributed by atoms with Gasteiger partial charge < -0.3 is 9.84 Å². The van der Waals surface area contributed by atoms with Crippen molar-refractivity contribution < 1.29 is 14.6 Å². The zero-order valence-corrected chi connectivity index (χ0v) is 7.69. The zero-order chi connectivity index (χ0) is 9.97. The lowest BCUT2D eigenvalue weighted by Crippen LogP contribution is -1.99. The third kappa shape index (κ3) is 1.84. The first kappa shape index (κ1) is 8.99. The van der Waals surface area contributed by atoms with Crippen LogP contribution in [0.3, 0.4) is 0 Å². The first-order chi connectivity index (χ1) is 6.75. The monoisotopic (exact) mass is 193 g/mol. The van der Waals surface area contributed by atoms with Crippen molar-refractivity contribution in [2.24, 2.45) is 0 Å². The number of aromatic nitrogens is 1. The molecule has 4 heteroatoms. The summed E-state index contributed by atoms with van der Waals surface area (Å²) in [7, 11) is 0. The standard InChI is InChI=1S/C10H11NO3/c12-10(13)2-1-8-5-7-3-4-14-9(7)6-11-8/h5-6H,1-4H2,(H,12,13). The van der Waals surface area contributed by atoms with Gasteiger partial charge >= 0.3 is 5.97 Å². The first-order valence-corrected chi connectivity index (χ1v) is 4.58. The molecule has 1 aliphatic heterocycles. The zero-order valence-electron chi connectivity index (χ0n) is 7.69. The van der Waals surface area contributed by atoms with Gasteiger partial charge in [0.15, 0.2) is 0 Å². The lowest BCUT2D eigenvalue weighted by molar-refractivity contribution is -0.136. The number of fused-ring (bicyclic) bond motifs is 1. The molecule has 4 nitrogen and oxygen atoms in total. The molecule has 1 aromatic rings. The lowest BCUT2D eigenvalue weighted by atomic mass is 10.1. The van der Waals surface area contributed by atoms with E-state index in [0.29, 0.717) is 13.0 Å². The minimum Gasteiger partial charge on any atom is -0.491 e. The van der Waals surface area contributed by atoms with Crippen molar-refractivity contribution in [3.8, 4) is 5.75 Å². The van der Waals surface area contributed by atoms with Crippen LogP contribution in [0.25, 0.3) is 0 Å². The topological polar surface area (TPSA) is 59.4 Å². The molecule has 0 aliphatic carbocycles. The predicted molar refractivity (Wildman–Crippen MR) is 49.4 cm³/mol. The molecule has 0 bridgehead atoms. The molecule has 1 N–H and O–H groups in total. The number of carboxylic acid groups (broad SMARTS) is 1. The van der Waals surface area contributed by atoms with Gasteiger partial charge in [0, 0.05) is 24.1 Å². The highest BCUT2D eigenvalue weighted by Gasteiger charge is 2.13. The van der Waals surface area contributed by atoms with Gasteiger partial charge in [-0.2, -0.15) is 0 Å². The van der Waals surface area contributed by atoms with E-state index >= 15 is 0 Å². The summed E-state index contributed by atoms with van der Waals surface area (Å²) in [6.07, 6.45) is 3.20. The molecule has 14 heavy (non-hydrogen) atoms. The van der Waals surface area contributed by atoms with Gasteiger partial charge in [-0.25, -0.2) is 0 Å². The third-order valence-corrected chi connectivity index (χ3v) is 2.23. The summed E-state index contributed by atoms with van der Waals surface area (Å²) in [5.74, 6) is 0.0487. The van der Waals surface area contributed by atoms with Crippen molar-refractivity contribution in [3.05, 3.63) is 23.5 Å². The van der Waals surface area contributed by atoms with Crippen LogP contribution < -0.4 is 4.74 Å². The summed E-state index contributed by atoms with van der Waals surface area (Å²) < 4.78 is 5.30. The number of ether oxygens (including phenoxy) is 1. The molecule has 2 heterocycles. The number of pyridine rings is 1. The van der Waals surface area contributed by atoms with Crippen LogP contribution in [0.1, 0.15) is 17.7 Å². The van der Waals surface area contributed by atoms with E-state index in [1.807, 2.05) is 6.07 Å². The number of nitrogens with zero attached hydrogens (tertiary/aromatic N) is 1. The molecule has 0 amide bonds. The predicted octanol–water partition coefficient (Wildman–Crippen LogP) is 1.03. The molecule has 0 fully saturated rings.